The Labute approximate surface area is 139 Å². The van der Waals surface area contributed by atoms with Crippen molar-refractivity contribution in [1.82, 2.24) is 5.16 Å². The number of anilines is 2. The average molecular weight is 328 g/mol. The molecule has 0 bridgehead atoms. The van der Waals surface area contributed by atoms with Crippen LogP contribution in [0.15, 0.2) is 47.1 Å². The van der Waals surface area contributed by atoms with Crippen molar-refractivity contribution in [1.29, 1.82) is 0 Å². The predicted octanol–water partition coefficient (Wildman–Crippen LogP) is 3.27. The first-order valence-corrected chi connectivity index (χ1v) is 7.37. The van der Waals surface area contributed by atoms with Crippen LogP contribution in [0.2, 0.25) is 0 Å². The minimum atomic E-state index is -0.454. The number of hydrogen-bond acceptors (Lipinski definition) is 5. The van der Waals surface area contributed by atoms with Crippen LogP contribution in [0.5, 0.6) is 0 Å². The first kappa shape index (κ1) is 17.3. The topological polar surface area (TPSA) is 110 Å². The molecule has 0 spiro atoms. The molecular weight excluding hydrogens is 308 g/mol. The number of nitrogens with one attached hydrogen (secondary N) is 2. The third-order valence-electron chi connectivity index (χ3n) is 3.17. The average Bonchev–Trinajstić information content (AvgIpc) is 2.96. The van der Waals surface area contributed by atoms with Crippen LogP contribution in [-0.4, -0.2) is 17.0 Å². The van der Waals surface area contributed by atoms with Gasteiger partial charge in [0.15, 0.2) is 11.6 Å². The lowest BCUT2D eigenvalue weighted by Gasteiger charge is -2.12. The standard InChI is InChI=1S/C17H20N4O3/c1-17(2,3)14-10-15(21-24-14)20-16(23)19-12-6-4-11(5-7-12)13(22)8-9-18/h4-10H,18H2,1-3H3,(H2,19,20,21,23)/b9-8+. The molecule has 7 nitrogen and oxygen atoms in total. The zero-order valence-corrected chi connectivity index (χ0v) is 13.8. The second-order valence-electron chi connectivity index (χ2n) is 6.21. The van der Waals surface area contributed by atoms with Crippen molar-refractivity contribution >= 4 is 23.3 Å². The van der Waals surface area contributed by atoms with E-state index in [-0.39, 0.29) is 11.2 Å². The minimum absolute atomic E-state index is 0.191. The lowest BCUT2D eigenvalue weighted by Crippen LogP contribution is -2.19. The summed E-state index contributed by atoms with van der Waals surface area (Å²) in [6, 6.07) is 7.68. The maximum Gasteiger partial charge on any atom is 0.324 e. The van der Waals surface area contributed by atoms with E-state index >= 15 is 0 Å². The van der Waals surface area contributed by atoms with Crippen LogP contribution in [0, 0.1) is 0 Å². The maximum atomic E-state index is 12.0. The summed E-state index contributed by atoms with van der Waals surface area (Å²) in [5, 5.41) is 9.05. The quantitative estimate of drug-likeness (QED) is 0.589. The van der Waals surface area contributed by atoms with Crippen LogP contribution in [-0.2, 0) is 5.41 Å². The normalized spacial score (nSPS) is 11.5. The van der Waals surface area contributed by atoms with E-state index in [9.17, 15) is 9.59 Å². The molecule has 2 aromatic rings. The van der Waals surface area contributed by atoms with Gasteiger partial charge >= 0.3 is 6.03 Å². The van der Waals surface area contributed by atoms with Gasteiger partial charge in [-0.3, -0.25) is 10.1 Å². The van der Waals surface area contributed by atoms with Gasteiger partial charge in [-0.1, -0.05) is 25.9 Å². The van der Waals surface area contributed by atoms with Crippen molar-refractivity contribution in [3.8, 4) is 0 Å². The van der Waals surface area contributed by atoms with E-state index in [1.807, 2.05) is 20.8 Å². The molecule has 0 saturated carbocycles. The van der Waals surface area contributed by atoms with Crippen molar-refractivity contribution in [2.24, 2.45) is 5.73 Å². The Morgan fingerprint density at radius 1 is 1.17 bits per heavy atom. The highest BCUT2D eigenvalue weighted by Gasteiger charge is 2.20. The summed E-state index contributed by atoms with van der Waals surface area (Å²) < 4.78 is 5.20. The van der Waals surface area contributed by atoms with E-state index in [1.54, 1.807) is 30.3 Å². The van der Waals surface area contributed by atoms with Crippen molar-refractivity contribution < 1.29 is 14.1 Å². The number of hydrogen-bond donors (Lipinski definition) is 3. The Morgan fingerprint density at radius 3 is 2.38 bits per heavy atom. The van der Waals surface area contributed by atoms with Gasteiger partial charge in [0, 0.05) is 28.8 Å². The molecule has 2 rings (SSSR count). The van der Waals surface area contributed by atoms with Crippen LogP contribution in [0.25, 0.3) is 0 Å². The molecule has 0 aliphatic carbocycles. The summed E-state index contributed by atoms with van der Waals surface area (Å²) >= 11 is 0. The zero-order valence-electron chi connectivity index (χ0n) is 13.8. The number of ketones is 1. The van der Waals surface area contributed by atoms with Crippen LogP contribution in [0.1, 0.15) is 36.9 Å². The number of benzene rings is 1. The number of urea groups is 1. The Kier molecular flexibility index (Phi) is 5.03. The number of nitrogens with zero attached hydrogens (tertiary/aromatic N) is 1. The van der Waals surface area contributed by atoms with Gasteiger partial charge in [-0.2, -0.15) is 0 Å². The highest BCUT2D eigenvalue weighted by atomic mass is 16.5. The first-order chi connectivity index (χ1) is 11.3. The number of carbonyl (C=O) groups is 2. The van der Waals surface area contributed by atoms with Gasteiger partial charge in [0.05, 0.1) is 0 Å². The molecule has 7 heteroatoms. The summed E-state index contributed by atoms with van der Waals surface area (Å²) in [5.41, 5.74) is 6.02. The van der Waals surface area contributed by atoms with Gasteiger partial charge < -0.3 is 15.6 Å². The monoisotopic (exact) mass is 328 g/mol. The molecule has 1 aromatic carbocycles. The van der Waals surface area contributed by atoms with Crippen molar-refractivity contribution in [3.05, 3.63) is 53.9 Å². The van der Waals surface area contributed by atoms with Crippen LogP contribution >= 0.6 is 0 Å². The Morgan fingerprint density at radius 2 is 1.83 bits per heavy atom. The molecule has 0 fully saturated rings. The number of aromatic nitrogens is 1. The largest absolute Gasteiger partial charge is 0.404 e. The molecule has 0 radical (unpaired) electrons. The van der Waals surface area contributed by atoms with E-state index < -0.39 is 6.03 Å². The predicted molar refractivity (Wildman–Crippen MR) is 91.9 cm³/mol. The Hall–Kier alpha value is -3.09. The molecule has 0 atom stereocenters. The molecule has 24 heavy (non-hydrogen) atoms. The summed E-state index contributed by atoms with van der Waals surface area (Å²) in [4.78, 5) is 23.6. The molecular formula is C17H20N4O3. The highest BCUT2D eigenvalue weighted by Crippen LogP contribution is 2.24. The number of carbonyl (C=O) groups excluding carboxylic acids is 2. The number of allylic oxidation sites excluding steroid dienone is 1. The first-order valence-electron chi connectivity index (χ1n) is 7.37. The third kappa shape index (κ3) is 4.45. The highest BCUT2D eigenvalue weighted by molar-refractivity contribution is 6.05. The van der Waals surface area contributed by atoms with E-state index in [0.717, 1.165) is 0 Å². The number of amides is 2. The fourth-order valence-corrected chi connectivity index (χ4v) is 1.87. The molecule has 0 unspecified atom stereocenters. The summed E-state index contributed by atoms with van der Waals surface area (Å²) in [7, 11) is 0. The smallest absolute Gasteiger partial charge is 0.324 e. The van der Waals surface area contributed by atoms with Crippen molar-refractivity contribution in [3.63, 3.8) is 0 Å². The van der Waals surface area contributed by atoms with Gasteiger partial charge in [0.2, 0.25) is 0 Å². The SMILES string of the molecule is CC(C)(C)c1cc(NC(=O)Nc2ccc(C(=O)/C=C/N)cc2)no1. The maximum absolute atomic E-state index is 12.0. The van der Waals surface area contributed by atoms with E-state index in [4.69, 9.17) is 10.3 Å². The molecule has 0 aliphatic rings. The van der Waals surface area contributed by atoms with Crippen LogP contribution < -0.4 is 16.4 Å². The number of nitrogens with two attached hydrogens (primary N) is 1. The second kappa shape index (κ2) is 6.99. The van der Waals surface area contributed by atoms with E-state index in [2.05, 4.69) is 15.8 Å². The van der Waals surface area contributed by atoms with E-state index in [0.29, 0.717) is 22.8 Å². The molecule has 0 saturated heterocycles. The number of rotatable bonds is 4. The fourth-order valence-electron chi connectivity index (χ4n) is 1.87. The summed E-state index contributed by atoms with van der Waals surface area (Å²) in [6.45, 7) is 5.96. The summed E-state index contributed by atoms with van der Waals surface area (Å²) in [6.07, 6.45) is 2.46. The Balaban J connectivity index is 1.97. The fraction of sp³-hybridized carbons (Fsp3) is 0.235. The van der Waals surface area contributed by atoms with Gasteiger partial charge in [-0.15, -0.1) is 0 Å². The lowest BCUT2D eigenvalue weighted by atomic mass is 9.93. The molecule has 126 valence electrons. The lowest BCUT2D eigenvalue weighted by molar-refractivity contribution is 0.104. The van der Waals surface area contributed by atoms with E-state index in [1.165, 1.54) is 12.3 Å². The summed E-state index contributed by atoms with van der Waals surface area (Å²) in [5.74, 6) is 0.803. The van der Waals surface area contributed by atoms with Crippen LogP contribution in [0.4, 0.5) is 16.3 Å². The van der Waals surface area contributed by atoms with Crippen LogP contribution in [0.3, 0.4) is 0 Å². The second-order valence-corrected chi connectivity index (χ2v) is 6.21. The van der Waals surface area contributed by atoms with Crippen molar-refractivity contribution in [2.75, 3.05) is 10.6 Å². The van der Waals surface area contributed by atoms with Gasteiger partial charge in [-0.25, -0.2) is 4.79 Å². The van der Waals surface area contributed by atoms with Gasteiger partial charge in [0.25, 0.3) is 0 Å². The molecule has 2 amide bonds. The van der Waals surface area contributed by atoms with Crippen molar-refractivity contribution in [2.45, 2.75) is 26.2 Å². The zero-order chi connectivity index (χ0) is 17.7. The molecule has 4 N–H and O–H groups in total. The third-order valence-corrected chi connectivity index (χ3v) is 3.17. The molecule has 1 aromatic heterocycles. The Bertz CT molecular complexity index is 755. The van der Waals surface area contributed by atoms with Gasteiger partial charge in [-0.05, 0) is 30.5 Å². The van der Waals surface area contributed by atoms with Gasteiger partial charge in [0.1, 0.15) is 5.76 Å². The molecule has 0 aliphatic heterocycles. The molecule has 1 heterocycles. The minimum Gasteiger partial charge on any atom is -0.404 e.